The van der Waals surface area contributed by atoms with Crippen LogP contribution < -0.4 is 10.1 Å². The van der Waals surface area contributed by atoms with Crippen molar-refractivity contribution in [1.82, 2.24) is 5.32 Å². The molecule has 2 aromatic rings. The van der Waals surface area contributed by atoms with Gasteiger partial charge in [-0.15, -0.1) is 0 Å². The zero-order valence-electron chi connectivity index (χ0n) is 16.9. The van der Waals surface area contributed by atoms with Crippen LogP contribution in [0.15, 0.2) is 54.6 Å². The fraction of sp³-hybridized carbons (Fsp3) is 0.348. The maximum absolute atomic E-state index is 11.9. The van der Waals surface area contributed by atoms with Gasteiger partial charge in [-0.2, -0.15) is 0 Å². The van der Waals surface area contributed by atoms with E-state index in [1.165, 1.54) is 5.56 Å². The molecule has 29 heavy (non-hydrogen) atoms. The fourth-order valence-corrected chi connectivity index (χ4v) is 2.69. The third-order valence-corrected chi connectivity index (χ3v) is 4.33. The SMILES string of the molecule is CCC(=O)c1ccc(OCC(=O)OCC(=O)N[C@@H](C)CCc2ccccc2)cc1. The van der Waals surface area contributed by atoms with Gasteiger partial charge >= 0.3 is 5.97 Å². The van der Waals surface area contributed by atoms with Crippen molar-refractivity contribution in [1.29, 1.82) is 0 Å². The highest BCUT2D eigenvalue weighted by Gasteiger charge is 2.11. The molecular formula is C23H27NO5. The molecule has 1 amide bonds. The normalized spacial score (nSPS) is 11.4. The van der Waals surface area contributed by atoms with Gasteiger partial charge < -0.3 is 14.8 Å². The Labute approximate surface area is 171 Å². The highest BCUT2D eigenvalue weighted by atomic mass is 16.6. The van der Waals surface area contributed by atoms with Gasteiger partial charge in [-0.1, -0.05) is 37.3 Å². The summed E-state index contributed by atoms with van der Waals surface area (Å²) in [6.07, 6.45) is 2.08. The summed E-state index contributed by atoms with van der Waals surface area (Å²) >= 11 is 0. The Morgan fingerprint density at radius 2 is 1.66 bits per heavy atom. The summed E-state index contributed by atoms with van der Waals surface area (Å²) in [7, 11) is 0. The lowest BCUT2D eigenvalue weighted by molar-refractivity contribution is -0.150. The molecule has 0 aliphatic rings. The summed E-state index contributed by atoms with van der Waals surface area (Å²) < 4.78 is 10.3. The van der Waals surface area contributed by atoms with Crippen LogP contribution in [0, 0.1) is 0 Å². The number of carbonyl (C=O) groups excluding carboxylic acids is 3. The molecule has 0 aliphatic carbocycles. The zero-order valence-corrected chi connectivity index (χ0v) is 16.9. The van der Waals surface area contributed by atoms with Crippen molar-refractivity contribution >= 4 is 17.7 Å². The second kappa shape index (κ2) is 11.6. The molecule has 1 N–H and O–H groups in total. The van der Waals surface area contributed by atoms with Crippen molar-refractivity contribution in [3.05, 3.63) is 65.7 Å². The smallest absolute Gasteiger partial charge is 0.344 e. The van der Waals surface area contributed by atoms with Crippen LogP contribution in [0.1, 0.15) is 42.6 Å². The second-order valence-electron chi connectivity index (χ2n) is 6.74. The summed E-state index contributed by atoms with van der Waals surface area (Å²) in [6.45, 7) is 3.06. The number of nitrogens with one attached hydrogen (secondary N) is 1. The van der Waals surface area contributed by atoms with Gasteiger partial charge in [0.1, 0.15) is 5.75 Å². The van der Waals surface area contributed by atoms with Crippen molar-refractivity contribution in [2.24, 2.45) is 0 Å². The molecule has 0 saturated carbocycles. The average Bonchev–Trinajstić information content (AvgIpc) is 2.75. The van der Waals surface area contributed by atoms with E-state index in [0.29, 0.717) is 17.7 Å². The first-order chi connectivity index (χ1) is 14.0. The predicted octanol–water partition coefficient (Wildman–Crippen LogP) is 3.34. The van der Waals surface area contributed by atoms with E-state index in [1.54, 1.807) is 31.2 Å². The van der Waals surface area contributed by atoms with E-state index < -0.39 is 5.97 Å². The van der Waals surface area contributed by atoms with E-state index >= 15 is 0 Å². The number of ketones is 1. The second-order valence-corrected chi connectivity index (χ2v) is 6.74. The lowest BCUT2D eigenvalue weighted by Gasteiger charge is -2.14. The summed E-state index contributed by atoms with van der Waals surface area (Å²) in [5.74, 6) is -0.485. The third-order valence-electron chi connectivity index (χ3n) is 4.33. The van der Waals surface area contributed by atoms with Gasteiger partial charge in [0.2, 0.25) is 0 Å². The lowest BCUT2D eigenvalue weighted by atomic mass is 10.1. The van der Waals surface area contributed by atoms with E-state index in [1.807, 2.05) is 37.3 Å². The molecule has 6 nitrogen and oxygen atoms in total. The maximum Gasteiger partial charge on any atom is 0.344 e. The largest absolute Gasteiger partial charge is 0.482 e. The van der Waals surface area contributed by atoms with Crippen molar-refractivity contribution in [2.75, 3.05) is 13.2 Å². The minimum Gasteiger partial charge on any atom is -0.482 e. The van der Waals surface area contributed by atoms with Crippen LogP contribution in [-0.2, 0) is 20.7 Å². The van der Waals surface area contributed by atoms with E-state index in [0.717, 1.165) is 12.8 Å². The van der Waals surface area contributed by atoms with Crippen molar-refractivity contribution in [2.45, 2.75) is 39.2 Å². The molecule has 0 fully saturated rings. The third kappa shape index (κ3) is 8.17. The molecule has 0 aliphatic heterocycles. The number of benzene rings is 2. The quantitative estimate of drug-likeness (QED) is 0.465. The molecule has 2 aromatic carbocycles. The number of esters is 1. The number of hydrogen-bond donors (Lipinski definition) is 1. The topological polar surface area (TPSA) is 81.7 Å². The van der Waals surface area contributed by atoms with Gasteiger partial charge in [0.25, 0.3) is 5.91 Å². The predicted molar refractivity (Wildman–Crippen MR) is 110 cm³/mol. The fourth-order valence-electron chi connectivity index (χ4n) is 2.69. The van der Waals surface area contributed by atoms with Gasteiger partial charge in [0, 0.05) is 18.0 Å². The van der Waals surface area contributed by atoms with Gasteiger partial charge in [-0.25, -0.2) is 4.79 Å². The number of hydrogen-bond acceptors (Lipinski definition) is 5. The molecule has 2 rings (SSSR count). The molecule has 0 unspecified atom stereocenters. The molecule has 1 atom stereocenters. The van der Waals surface area contributed by atoms with Crippen LogP contribution in [0.25, 0.3) is 0 Å². The first-order valence-electron chi connectivity index (χ1n) is 9.73. The molecule has 0 bridgehead atoms. The number of ether oxygens (including phenoxy) is 2. The summed E-state index contributed by atoms with van der Waals surface area (Å²) in [6, 6.07) is 16.6. The van der Waals surface area contributed by atoms with E-state index in [2.05, 4.69) is 5.32 Å². The van der Waals surface area contributed by atoms with Crippen molar-refractivity contribution in [3.63, 3.8) is 0 Å². The Bertz CT molecular complexity index is 802. The maximum atomic E-state index is 11.9. The Morgan fingerprint density at radius 3 is 2.31 bits per heavy atom. The standard InChI is InChI=1S/C23H27NO5/c1-3-21(25)19-11-13-20(14-12-19)28-16-23(27)29-15-22(26)24-17(2)9-10-18-7-5-4-6-8-18/h4-8,11-14,17H,3,9-10,15-16H2,1-2H3,(H,24,26)/t17-/m0/s1. The van der Waals surface area contributed by atoms with Gasteiger partial charge in [-0.05, 0) is 49.6 Å². The minimum absolute atomic E-state index is 0.0259. The van der Waals surface area contributed by atoms with Crippen LogP contribution in [0.4, 0.5) is 0 Å². The van der Waals surface area contributed by atoms with Crippen LogP contribution >= 0.6 is 0 Å². The van der Waals surface area contributed by atoms with Crippen molar-refractivity contribution in [3.8, 4) is 5.75 Å². The highest BCUT2D eigenvalue weighted by molar-refractivity contribution is 5.95. The number of Topliss-reactive ketones (excluding diaryl/α,β-unsaturated/α-hetero) is 1. The number of amides is 1. The van der Waals surface area contributed by atoms with Gasteiger partial charge in [0.15, 0.2) is 19.0 Å². The average molecular weight is 397 g/mol. The first kappa shape index (κ1) is 22.1. The summed E-state index contributed by atoms with van der Waals surface area (Å²) in [5.41, 5.74) is 1.81. The highest BCUT2D eigenvalue weighted by Crippen LogP contribution is 2.13. The first-order valence-corrected chi connectivity index (χ1v) is 9.73. The number of carbonyl (C=O) groups is 3. The number of rotatable bonds is 11. The molecule has 6 heteroatoms. The van der Waals surface area contributed by atoms with E-state index in [9.17, 15) is 14.4 Å². The Hall–Kier alpha value is -3.15. The minimum atomic E-state index is -0.634. The molecule has 0 aromatic heterocycles. The number of aryl methyl sites for hydroxylation is 1. The Balaban J connectivity index is 1.63. The molecule has 154 valence electrons. The summed E-state index contributed by atoms with van der Waals surface area (Å²) in [4.78, 5) is 35.2. The van der Waals surface area contributed by atoms with Gasteiger partial charge in [-0.3, -0.25) is 9.59 Å². The molecule has 0 heterocycles. The summed E-state index contributed by atoms with van der Waals surface area (Å²) in [5, 5.41) is 2.81. The van der Waals surface area contributed by atoms with Crippen LogP contribution in [-0.4, -0.2) is 36.9 Å². The Morgan fingerprint density at radius 1 is 0.966 bits per heavy atom. The molecular weight excluding hydrogens is 370 g/mol. The van der Waals surface area contributed by atoms with Crippen molar-refractivity contribution < 1.29 is 23.9 Å². The van der Waals surface area contributed by atoms with E-state index in [-0.39, 0.29) is 30.9 Å². The monoisotopic (exact) mass is 397 g/mol. The van der Waals surface area contributed by atoms with Gasteiger partial charge in [0.05, 0.1) is 0 Å². The van der Waals surface area contributed by atoms with Crippen LogP contribution in [0.5, 0.6) is 5.75 Å². The Kier molecular flexibility index (Phi) is 8.89. The van der Waals surface area contributed by atoms with Crippen LogP contribution in [0.2, 0.25) is 0 Å². The lowest BCUT2D eigenvalue weighted by Crippen LogP contribution is -2.36. The molecule has 0 radical (unpaired) electrons. The zero-order chi connectivity index (χ0) is 21.1. The molecule has 0 saturated heterocycles. The molecule has 0 spiro atoms. The van der Waals surface area contributed by atoms with Crippen LogP contribution in [0.3, 0.4) is 0 Å². The van der Waals surface area contributed by atoms with E-state index in [4.69, 9.17) is 9.47 Å².